The maximum Gasteiger partial charge on any atom is 0.129 e. The lowest BCUT2D eigenvalue weighted by Crippen LogP contribution is -2.10. The van der Waals surface area contributed by atoms with Crippen molar-refractivity contribution in [1.29, 1.82) is 0 Å². The van der Waals surface area contributed by atoms with Crippen LogP contribution in [0, 0.1) is 0 Å². The summed E-state index contributed by atoms with van der Waals surface area (Å²) in [6.07, 6.45) is 0. The SMILES string of the molecule is N/C(CCl)=N\Cl. The maximum absolute atomic E-state index is 5.11. The molecule has 0 aromatic rings. The number of hydrogen-bond acceptors (Lipinski definition) is 1. The average Bonchev–Trinajstić information content (AvgIpc) is 1.65. The lowest BCUT2D eigenvalue weighted by atomic mass is 10.7. The Labute approximate surface area is 46.1 Å². The van der Waals surface area contributed by atoms with Crippen LogP contribution in [0.5, 0.6) is 0 Å². The minimum Gasteiger partial charge on any atom is -0.385 e. The predicted octanol–water partition coefficient (Wildman–Crippen LogP) is 0.736. The second kappa shape index (κ2) is 3.25. The largest absolute Gasteiger partial charge is 0.385 e. The van der Waals surface area contributed by atoms with Crippen LogP contribution in [0.25, 0.3) is 0 Å². The standard InChI is InChI=1S/C2H4Cl2N2/c3-1-2(5)6-4/h1H2,(H2,5,6). The highest BCUT2D eigenvalue weighted by Gasteiger charge is 1.79. The number of hydrogen-bond donors (Lipinski definition) is 1. The zero-order chi connectivity index (χ0) is 4.99. The molecule has 4 heteroatoms. The fourth-order valence-electron chi connectivity index (χ4n) is 0.0226. The van der Waals surface area contributed by atoms with E-state index in [1.807, 2.05) is 0 Å². The molecule has 0 aliphatic heterocycles. The molecule has 0 spiro atoms. The summed E-state index contributed by atoms with van der Waals surface area (Å²) in [5.41, 5.74) is 4.96. The number of nitrogens with two attached hydrogens (primary N) is 1. The van der Waals surface area contributed by atoms with Crippen molar-refractivity contribution in [2.24, 2.45) is 10.2 Å². The van der Waals surface area contributed by atoms with E-state index in [0.29, 0.717) is 0 Å². The molecule has 0 heterocycles. The predicted molar refractivity (Wildman–Crippen MR) is 28.2 cm³/mol. The number of amidine groups is 1. The molecule has 6 heavy (non-hydrogen) atoms. The van der Waals surface area contributed by atoms with Crippen molar-refractivity contribution < 1.29 is 0 Å². The van der Waals surface area contributed by atoms with Gasteiger partial charge in [0, 0.05) is 11.8 Å². The highest BCUT2D eigenvalue weighted by molar-refractivity contribution is 6.31. The summed E-state index contributed by atoms with van der Waals surface area (Å²) in [5, 5.41) is 0. The van der Waals surface area contributed by atoms with Gasteiger partial charge in [0.1, 0.15) is 5.84 Å². The third kappa shape index (κ3) is 2.30. The first-order chi connectivity index (χ1) is 2.81. The molecule has 36 valence electrons. The van der Waals surface area contributed by atoms with Crippen LogP contribution in [0.2, 0.25) is 0 Å². The average molecular weight is 127 g/mol. The quantitative estimate of drug-likeness (QED) is 0.314. The van der Waals surface area contributed by atoms with Gasteiger partial charge < -0.3 is 5.73 Å². The van der Waals surface area contributed by atoms with E-state index in [4.69, 9.17) is 29.1 Å². The van der Waals surface area contributed by atoms with Crippen LogP contribution in [-0.2, 0) is 0 Å². The first-order valence-corrected chi connectivity index (χ1v) is 2.17. The molecular formula is C2H4Cl2N2. The molecule has 0 unspecified atom stereocenters. The summed E-state index contributed by atoms with van der Waals surface area (Å²) < 4.78 is 3.04. The zero-order valence-corrected chi connectivity index (χ0v) is 4.50. The van der Waals surface area contributed by atoms with Gasteiger partial charge in [-0.25, -0.2) is 0 Å². The van der Waals surface area contributed by atoms with Gasteiger partial charge in [0.05, 0.1) is 5.88 Å². The molecule has 2 N–H and O–H groups in total. The molecule has 0 aromatic heterocycles. The van der Waals surface area contributed by atoms with E-state index in [9.17, 15) is 0 Å². The van der Waals surface area contributed by atoms with Crippen molar-refractivity contribution in [3.63, 3.8) is 0 Å². The number of rotatable bonds is 1. The van der Waals surface area contributed by atoms with Crippen LogP contribution in [0.15, 0.2) is 4.51 Å². The van der Waals surface area contributed by atoms with Crippen molar-refractivity contribution >= 4 is 29.2 Å². The van der Waals surface area contributed by atoms with Gasteiger partial charge in [-0.2, -0.15) is 4.51 Å². The molecule has 0 saturated heterocycles. The summed E-state index contributed by atoms with van der Waals surface area (Å²) in [4.78, 5) is 0. The maximum atomic E-state index is 5.11. The van der Waals surface area contributed by atoms with Crippen molar-refractivity contribution in [3.05, 3.63) is 0 Å². The monoisotopic (exact) mass is 126 g/mol. The van der Waals surface area contributed by atoms with E-state index >= 15 is 0 Å². The third-order valence-corrected chi connectivity index (χ3v) is 0.736. The van der Waals surface area contributed by atoms with E-state index in [1.165, 1.54) is 0 Å². The minimum absolute atomic E-state index is 0.198. The molecule has 0 aliphatic rings. The van der Waals surface area contributed by atoms with E-state index in [0.717, 1.165) is 0 Å². The highest BCUT2D eigenvalue weighted by atomic mass is 35.5. The second-order valence-corrected chi connectivity index (χ2v) is 1.15. The Morgan fingerprint density at radius 3 is 2.33 bits per heavy atom. The Balaban J connectivity index is 3.22. The van der Waals surface area contributed by atoms with Gasteiger partial charge in [0.2, 0.25) is 0 Å². The van der Waals surface area contributed by atoms with E-state index in [2.05, 4.69) is 4.51 Å². The van der Waals surface area contributed by atoms with Crippen molar-refractivity contribution in [3.8, 4) is 0 Å². The second-order valence-electron chi connectivity index (χ2n) is 0.709. The summed E-state index contributed by atoms with van der Waals surface area (Å²) >= 11 is 9.94. The zero-order valence-electron chi connectivity index (χ0n) is 2.99. The molecule has 0 atom stereocenters. The smallest absolute Gasteiger partial charge is 0.129 e. The van der Waals surface area contributed by atoms with Crippen molar-refractivity contribution in [2.45, 2.75) is 0 Å². The number of alkyl halides is 1. The first kappa shape index (κ1) is 6.05. The molecule has 0 amide bonds. The Bertz CT molecular complexity index is 60.6. The van der Waals surface area contributed by atoms with Crippen molar-refractivity contribution in [2.75, 3.05) is 5.88 Å². The van der Waals surface area contributed by atoms with Gasteiger partial charge in [-0.15, -0.1) is 11.6 Å². The molecule has 0 aromatic carbocycles. The van der Waals surface area contributed by atoms with E-state index in [1.54, 1.807) is 0 Å². The third-order valence-electron chi connectivity index (χ3n) is 0.245. The topological polar surface area (TPSA) is 38.4 Å². The number of halogens is 2. The summed E-state index contributed by atoms with van der Waals surface area (Å²) in [6.45, 7) is 0. The molecule has 0 rings (SSSR count). The molecule has 0 radical (unpaired) electrons. The molecule has 0 saturated carbocycles. The fraction of sp³-hybridized carbons (Fsp3) is 0.500. The molecule has 0 bridgehead atoms. The van der Waals surface area contributed by atoms with Gasteiger partial charge in [-0.1, -0.05) is 0 Å². The molecule has 0 aliphatic carbocycles. The van der Waals surface area contributed by atoms with E-state index < -0.39 is 0 Å². The minimum atomic E-state index is 0.198. The highest BCUT2D eigenvalue weighted by Crippen LogP contribution is 1.78. The Morgan fingerprint density at radius 1 is 1.83 bits per heavy atom. The van der Waals surface area contributed by atoms with Crippen LogP contribution in [0.3, 0.4) is 0 Å². The normalized spacial score (nSPS) is 12.0. The van der Waals surface area contributed by atoms with Crippen LogP contribution in [0.4, 0.5) is 0 Å². The van der Waals surface area contributed by atoms with E-state index in [-0.39, 0.29) is 11.7 Å². The Morgan fingerprint density at radius 2 is 2.33 bits per heavy atom. The fourth-order valence-corrected chi connectivity index (χ4v) is 0.203. The molecule has 0 fully saturated rings. The van der Waals surface area contributed by atoms with Crippen LogP contribution in [0.1, 0.15) is 0 Å². The van der Waals surface area contributed by atoms with Gasteiger partial charge in [-0.3, -0.25) is 0 Å². The van der Waals surface area contributed by atoms with Gasteiger partial charge in [0.25, 0.3) is 0 Å². The van der Waals surface area contributed by atoms with Crippen LogP contribution < -0.4 is 5.73 Å². The summed E-state index contributed by atoms with van der Waals surface area (Å²) in [6, 6.07) is 0. The van der Waals surface area contributed by atoms with Gasteiger partial charge >= 0.3 is 0 Å². The van der Waals surface area contributed by atoms with Gasteiger partial charge in [-0.05, 0) is 0 Å². The lowest BCUT2D eigenvalue weighted by Gasteiger charge is -1.80. The number of nitrogens with zero attached hydrogens (tertiary/aromatic N) is 1. The molecule has 2 nitrogen and oxygen atoms in total. The first-order valence-electron chi connectivity index (χ1n) is 1.30. The Kier molecular flexibility index (Phi) is 3.28. The van der Waals surface area contributed by atoms with Crippen molar-refractivity contribution in [1.82, 2.24) is 0 Å². The van der Waals surface area contributed by atoms with Crippen LogP contribution >= 0.6 is 23.4 Å². The summed E-state index contributed by atoms with van der Waals surface area (Å²) in [5.74, 6) is 0.446. The van der Waals surface area contributed by atoms with Crippen LogP contribution in [-0.4, -0.2) is 11.7 Å². The molecular weight excluding hydrogens is 123 g/mol. The summed E-state index contributed by atoms with van der Waals surface area (Å²) in [7, 11) is 0. The van der Waals surface area contributed by atoms with Gasteiger partial charge in [0.15, 0.2) is 0 Å². The Hall–Kier alpha value is 0.0500. The lowest BCUT2D eigenvalue weighted by molar-refractivity contribution is 1.60.